The van der Waals surface area contributed by atoms with Gasteiger partial charge in [0.2, 0.25) is 5.91 Å². The van der Waals surface area contributed by atoms with Gasteiger partial charge >= 0.3 is 5.97 Å². The number of methoxy groups -OCH3 is 2. The van der Waals surface area contributed by atoms with Gasteiger partial charge in [0.05, 0.1) is 53.0 Å². The number of sulfonamides is 1. The zero-order chi connectivity index (χ0) is 45.4. The van der Waals surface area contributed by atoms with Crippen molar-refractivity contribution < 1.29 is 56.2 Å². The minimum atomic E-state index is -4.36. The summed E-state index contributed by atoms with van der Waals surface area (Å²) < 4.78 is 57.5. The van der Waals surface area contributed by atoms with Gasteiger partial charge in [0.25, 0.3) is 21.6 Å². The van der Waals surface area contributed by atoms with E-state index in [2.05, 4.69) is 35.1 Å². The molecule has 19 heteroatoms. The number of nitriles is 1. The molecule has 62 heavy (non-hydrogen) atoms. The van der Waals surface area contributed by atoms with Crippen LogP contribution in [-0.2, 0) is 19.6 Å². The van der Waals surface area contributed by atoms with Gasteiger partial charge in [0, 0.05) is 36.2 Å². The smallest absolute Gasteiger partial charge is 0.342 e. The first-order valence-electron chi connectivity index (χ1n) is 18.3. The maximum Gasteiger partial charge on any atom is 0.342 e. The highest BCUT2D eigenvalue weighted by atomic mass is 32.2. The lowest BCUT2D eigenvalue weighted by Gasteiger charge is -2.20. The number of nitro groups is 1. The van der Waals surface area contributed by atoms with Crippen molar-refractivity contribution in [1.82, 2.24) is 0 Å². The third-order valence-electron chi connectivity index (χ3n) is 8.59. The molecule has 0 spiro atoms. The Balaban J connectivity index is 1.56. The van der Waals surface area contributed by atoms with Gasteiger partial charge in [0.1, 0.15) is 25.4 Å². The molecule has 2 amide bonds. The van der Waals surface area contributed by atoms with Crippen LogP contribution >= 0.6 is 0 Å². The Kier molecular flexibility index (Phi) is 16.5. The van der Waals surface area contributed by atoms with E-state index in [-0.39, 0.29) is 100.0 Å². The van der Waals surface area contributed by atoms with Crippen LogP contribution < -0.4 is 34.3 Å². The summed E-state index contributed by atoms with van der Waals surface area (Å²) in [4.78, 5) is 62.7. The predicted molar refractivity (Wildman–Crippen MR) is 227 cm³/mol. The molecule has 0 unspecified atom stereocenters. The molecular weight excluding hydrogens is 827 g/mol. The van der Waals surface area contributed by atoms with Crippen molar-refractivity contribution in [2.24, 2.45) is 5.92 Å². The van der Waals surface area contributed by atoms with E-state index in [1.807, 2.05) is 6.07 Å². The van der Waals surface area contributed by atoms with Crippen LogP contribution in [-0.4, -0.2) is 70.9 Å². The molecule has 0 saturated carbocycles. The second-order valence-electron chi connectivity index (χ2n) is 12.7. The summed E-state index contributed by atoms with van der Waals surface area (Å²) >= 11 is 0. The second-order valence-corrected chi connectivity index (χ2v) is 14.4. The highest BCUT2D eigenvalue weighted by Gasteiger charge is 2.28. The molecular formula is C43H41N5O13S. The molecule has 322 valence electrons. The summed E-state index contributed by atoms with van der Waals surface area (Å²) in [6.45, 7) is 10.6. The predicted octanol–water partition coefficient (Wildman–Crippen LogP) is 6.88. The number of nitrogens with one attached hydrogen (secondary N) is 3. The van der Waals surface area contributed by atoms with Gasteiger partial charge in [-0.25, -0.2) is 13.2 Å². The summed E-state index contributed by atoms with van der Waals surface area (Å²) in [5.41, 5.74) is -0.0474. The number of ether oxygens (including phenoxy) is 5. The van der Waals surface area contributed by atoms with Crippen molar-refractivity contribution in [3.8, 4) is 29.1 Å². The number of ketones is 1. The van der Waals surface area contributed by atoms with Gasteiger partial charge < -0.3 is 34.3 Å². The Morgan fingerprint density at radius 3 is 1.90 bits per heavy atom. The summed E-state index contributed by atoms with van der Waals surface area (Å²) in [6, 6.07) is 17.1. The number of hydrogen-bond donors (Lipinski definition) is 3. The van der Waals surface area contributed by atoms with Crippen molar-refractivity contribution in [2.45, 2.75) is 17.7 Å². The van der Waals surface area contributed by atoms with Crippen LogP contribution in [0.15, 0.2) is 116 Å². The molecule has 0 aliphatic heterocycles. The molecule has 4 rings (SSSR count). The molecule has 0 bridgehead atoms. The largest absolute Gasteiger partial charge is 0.491 e. The molecule has 4 aromatic carbocycles. The summed E-state index contributed by atoms with van der Waals surface area (Å²) in [7, 11) is -1.81. The number of anilines is 3. The molecule has 0 aromatic heterocycles. The van der Waals surface area contributed by atoms with Crippen molar-refractivity contribution in [3.05, 3.63) is 138 Å². The molecule has 0 saturated heterocycles. The van der Waals surface area contributed by atoms with Crippen LogP contribution in [0.3, 0.4) is 0 Å². The van der Waals surface area contributed by atoms with E-state index in [1.54, 1.807) is 0 Å². The topological polar surface area (TPSA) is 252 Å². The van der Waals surface area contributed by atoms with Gasteiger partial charge in [-0.2, -0.15) is 5.26 Å². The first-order valence-corrected chi connectivity index (χ1v) is 19.8. The number of carbonyl (C=O) groups excluding carboxylic acids is 4. The van der Waals surface area contributed by atoms with E-state index in [9.17, 15) is 43.0 Å². The number of benzene rings is 4. The van der Waals surface area contributed by atoms with Gasteiger partial charge in [-0.3, -0.25) is 29.2 Å². The third kappa shape index (κ3) is 11.6. The zero-order valence-corrected chi connectivity index (χ0v) is 34.3. The first kappa shape index (κ1) is 46.7. The van der Waals surface area contributed by atoms with Crippen molar-refractivity contribution in [3.63, 3.8) is 0 Å². The number of nitro benzene ring substituents is 1. The molecule has 0 aliphatic carbocycles. The summed E-state index contributed by atoms with van der Waals surface area (Å²) in [5.74, 6) is -4.14. The number of carbonyl (C=O) groups is 4. The number of nitrogens with zero attached hydrogens (tertiary/aromatic N) is 2. The van der Waals surface area contributed by atoms with E-state index in [0.29, 0.717) is 0 Å². The maximum atomic E-state index is 13.9. The molecule has 4 aromatic rings. The fourth-order valence-corrected chi connectivity index (χ4v) is 6.73. The monoisotopic (exact) mass is 867 g/mol. The fourth-order valence-electron chi connectivity index (χ4n) is 5.67. The van der Waals surface area contributed by atoms with Crippen molar-refractivity contribution in [1.29, 1.82) is 5.26 Å². The fraction of sp³-hybridized carbons (Fsp3) is 0.186. The maximum absolute atomic E-state index is 13.9. The standard InChI is InChI=1S/C43H41N5O13S/c1-6-23-59-37-32(42(51)46-34-19-18-33(43(52)61-25-8-3)38(39(34)57-4)60-24-7-2)17-20-35(40(37)58-5)47-62(55,56)31-15-11-29(12-16-31)45-41(50)28(21-22-44)26-36(49)27-9-13-30(14-10-27)48(53)54/h6-20,28,47H,1-3,21,23-26H2,4-5H3,(H,45,50)(H,46,51)/t28-/m1/s1. The number of rotatable bonds is 23. The molecule has 0 radical (unpaired) electrons. The van der Waals surface area contributed by atoms with Crippen LogP contribution in [0.2, 0.25) is 0 Å². The Hall–Kier alpha value is -7.98. The number of hydrogen-bond acceptors (Lipinski definition) is 14. The van der Waals surface area contributed by atoms with Crippen LogP contribution in [0.4, 0.5) is 22.7 Å². The Labute approximate surface area is 356 Å². The van der Waals surface area contributed by atoms with E-state index in [1.165, 1.54) is 93.1 Å². The lowest BCUT2D eigenvalue weighted by Crippen LogP contribution is -2.25. The molecule has 0 aliphatic rings. The number of esters is 1. The highest BCUT2D eigenvalue weighted by molar-refractivity contribution is 7.92. The molecule has 0 fully saturated rings. The normalized spacial score (nSPS) is 11.0. The van der Waals surface area contributed by atoms with Crippen molar-refractivity contribution >= 4 is 56.3 Å². The average Bonchev–Trinajstić information content (AvgIpc) is 3.26. The lowest BCUT2D eigenvalue weighted by molar-refractivity contribution is -0.384. The second kappa shape index (κ2) is 21.9. The Morgan fingerprint density at radius 1 is 0.774 bits per heavy atom. The third-order valence-corrected chi connectivity index (χ3v) is 9.97. The lowest BCUT2D eigenvalue weighted by atomic mass is 9.95. The quantitative estimate of drug-likeness (QED) is 0.0226. The van der Waals surface area contributed by atoms with E-state index in [0.717, 1.165) is 12.1 Å². The molecule has 3 N–H and O–H groups in total. The average molecular weight is 868 g/mol. The minimum absolute atomic E-state index is 0.00644. The van der Waals surface area contributed by atoms with Crippen LogP contribution in [0.5, 0.6) is 23.0 Å². The van der Waals surface area contributed by atoms with Gasteiger partial charge in [0.15, 0.2) is 28.8 Å². The zero-order valence-electron chi connectivity index (χ0n) is 33.5. The number of Topliss-reactive ketones (excluding diaryl/α,β-unsaturated/α-hetero) is 1. The number of non-ortho nitro benzene ring substituents is 1. The molecule has 0 heterocycles. The van der Waals surface area contributed by atoms with E-state index < -0.39 is 44.4 Å². The summed E-state index contributed by atoms with van der Waals surface area (Å²) in [5, 5.41) is 25.5. The van der Waals surface area contributed by atoms with Crippen LogP contribution in [0.25, 0.3) is 0 Å². The van der Waals surface area contributed by atoms with Gasteiger partial charge in [-0.15, -0.1) is 0 Å². The SMILES string of the molecule is C=CCOC(=O)c1ccc(NC(=O)c2ccc(NS(=O)(=O)c3ccc(NC(=O)[C@H](CC#N)CC(=O)c4ccc([N+](=O)[O-])cc4)cc3)c(OC)c2OCC=C)c(OC)c1OCC=C. The van der Waals surface area contributed by atoms with E-state index >= 15 is 0 Å². The Morgan fingerprint density at radius 2 is 1.34 bits per heavy atom. The van der Waals surface area contributed by atoms with Crippen LogP contribution in [0.1, 0.15) is 43.9 Å². The van der Waals surface area contributed by atoms with Crippen molar-refractivity contribution in [2.75, 3.05) is 49.4 Å². The van der Waals surface area contributed by atoms with Crippen LogP contribution in [0, 0.1) is 27.4 Å². The number of amides is 2. The molecule has 1 atom stereocenters. The minimum Gasteiger partial charge on any atom is -0.491 e. The Bertz CT molecular complexity index is 2520. The highest BCUT2D eigenvalue weighted by Crippen LogP contribution is 2.42. The summed E-state index contributed by atoms with van der Waals surface area (Å²) in [6.07, 6.45) is 3.55. The van der Waals surface area contributed by atoms with E-state index in [4.69, 9.17) is 23.7 Å². The first-order chi connectivity index (χ1) is 29.7. The van der Waals surface area contributed by atoms with Gasteiger partial charge in [-0.05, 0) is 60.7 Å². The van der Waals surface area contributed by atoms with Gasteiger partial charge in [-0.1, -0.05) is 38.0 Å². The molecule has 18 nitrogen and oxygen atoms in total.